The number of hydrogen-bond donors (Lipinski definition) is 1. The molecule has 0 aliphatic rings. The first-order chi connectivity index (χ1) is 7.82. The lowest BCUT2D eigenvalue weighted by Crippen LogP contribution is -2.34. The van der Waals surface area contributed by atoms with Gasteiger partial charge in [0.2, 0.25) is 5.91 Å². The number of aliphatic carboxylic acids is 1. The first-order valence-electron chi connectivity index (χ1n) is 4.75. The number of benzene rings is 1. The Morgan fingerprint density at radius 3 is 2.06 bits per heavy atom. The Balaban J connectivity index is 3.23. The molecule has 0 aliphatic heterocycles. The van der Waals surface area contributed by atoms with E-state index < -0.39 is 29.6 Å². The summed E-state index contributed by atoms with van der Waals surface area (Å²) < 4.78 is 26.0. The number of hydrogen-bond acceptors (Lipinski definition) is 2. The molecule has 0 radical (unpaired) electrons. The van der Waals surface area contributed by atoms with Crippen molar-refractivity contribution in [2.75, 3.05) is 7.05 Å². The van der Waals surface area contributed by atoms with Gasteiger partial charge in [0.25, 0.3) is 0 Å². The lowest BCUT2D eigenvalue weighted by Gasteiger charge is -2.23. The van der Waals surface area contributed by atoms with Crippen LogP contribution in [0.5, 0.6) is 0 Å². The summed E-state index contributed by atoms with van der Waals surface area (Å²) in [7, 11) is 1.25. The highest BCUT2D eigenvalue weighted by atomic mass is 19.1. The second-order valence-corrected chi connectivity index (χ2v) is 3.57. The van der Waals surface area contributed by atoms with E-state index in [4.69, 9.17) is 5.11 Å². The maximum absolute atomic E-state index is 13.0. The Labute approximate surface area is 96.5 Å². The second kappa shape index (κ2) is 4.90. The molecule has 0 aliphatic carbocycles. The summed E-state index contributed by atoms with van der Waals surface area (Å²) in [6.07, 6.45) is 0. The molecular formula is C11H11F2NO3. The fourth-order valence-electron chi connectivity index (χ4n) is 1.45. The summed E-state index contributed by atoms with van der Waals surface area (Å²) in [5.41, 5.74) is -0.118. The number of carboxylic acid groups (broad SMARTS) is 1. The quantitative estimate of drug-likeness (QED) is 0.876. The van der Waals surface area contributed by atoms with E-state index in [1.165, 1.54) is 14.0 Å². The first-order valence-corrected chi connectivity index (χ1v) is 4.75. The number of halogens is 2. The third-order valence-electron chi connectivity index (χ3n) is 2.32. The molecule has 0 bridgehead atoms. The molecule has 0 saturated carbocycles. The second-order valence-electron chi connectivity index (χ2n) is 3.57. The monoisotopic (exact) mass is 243 g/mol. The van der Waals surface area contributed by atoms with Gasteiger partial charge in [-0.05, 0) is 17.7 Å². The molecule has 1 rings (SSSR count). The summed E-state index contributed by atoms with van der Waals surface area (Å²) in [6, 6.07) is 1.01. The molecule has 1 N–H and O–H groups in total. The van der Waals surface area contributed by atoms with E-state index in [0.29, 0.717) is 6.07 Å². The zero-order chi connectivity index (χ0) is 13.2. The molecule has 1 aromatic rings. The fourth-order valence-corrected chi connectivity index (χ4v) is 1.45. The van der Waals surface area contributed by atoms with Gasteiger partial charge in [-0.25, -0.2) is 13.6 Å². The standard InChI is InChI=1S/C11H11F2NO3/c1-6(15)14(2)10(11(16)17)7-3-8(12)5-9(13)4-7/h3-5,10H,1-2H3,(H,16,17). The van der Waals surface area contributed by atoms with E-state index in [1.54, 1.807) is 0 Å². The van der Waals surface area contributed by atoms with Crippen molar-refractivity contribution in [3.63, 3.8) is 0 Å². The van der Waals surface area contributed by atoms with Gasteiger partial charge in [0.1, 0.15) is 11.6 Å². The van der Waals surface area contributed by atoms with Gasteiger partial charge in [-0.1, -0.05) is 0 Å². The Morgan fingerprint density at radius 1 is 1.24 bits per heavy atom. The van der Waals surface area contributed by atoms with Crippen LogP contribution in [0.2, 0.25) is 0 Å². The minimum Gasteiger partial charge on any atom is -0.479 e. The van der Waals surface area contributed by atoms with E-state index in [9.17, 15) is 18.4 Å². The Kier molecular flexibility index (Phi) is 3.77. The van der Waals surface area contributed by atoms with Crippen LogP contribution >= 0.6 is 0 Å². The summed E-state index contributed by atoms with van der Waals surface area (Å²) in [5, 5.41) is 8.99. The molecule has 1 amide bonds. The van der Waals surface area contributed by atoms with E-state index in [-0.39, 0.29) is 5.56 Å². The Bertz CT molecular complexity index is 442. The van der Waals surface area contributed by atoms with Gasteiger partial charge in [0, 0.05) is 20.0 Å². The maximum atomic E-state index is 13.0. The number of likely N-dealkylation sites (N-methyl/N-ethyl adjacent to an activating group) is 1. The zero-order valence-electron chi connectivity index (χ0n) is 9.28. The van der Waals surface area contributed by atoms with Crippen molar-refractivity contribution in [3.8, 4) is 0 Å². The van der Waals surface area contributed by atoms with E-state index in [0.717, 1.165) is 17.0 Å². The minimum absolute atomic E-state index is 0.118. The van der Waals surface area contributed by atoms with Gasteiger partial charge in [-0.15, -0.1) is 0 Å². The summed E-state index contributed by atoms with van der Waals surface area (Å²) in [6.45, 7) is 1.17. The van der Waals surface area contributed by atoms with Gasteiger partial charge < -0.3 is 10.0 Å². The summed E-state index contributed by atoms with van der Waals surface area (Å²) >= 11 is 0. The van der Waals surface area contributed by atoms with Crippen molar-refractivity contribution >= 4 is 11.9 Å². The molecule has 17 heavy (non-hydrogen) atoms. The normalized spacial score (nSPS) is 12.0. The molecule has 1 aromatic carbocycles. The average molecular weight is 243 g/mol. The number of carbonyl (C=O) groups excluding carboxylic acids is 1. The minimum atomic E-state index is -1.40. The lowest BCUT2D eigenvalue weighted by molar-refractivity contribution is -0.148. The number of rotatable bonds is 3. The van der Waals surface area contributed by atoms with Crippen molar-refractivity contribution in [1.29, 1.82) is 0 Å². The van der Waals surface area contributed by atoms with Crippen LogP contribution in [0.3, 0.4) is 0 Å². The largest absolute Gasteiger partial charge is 0.479 e. The topological polar surface area (TPSA) is 57.6 Å². The molecule has 0 heterocycles. The highest BCUT2D eigenvalue weighted by molar-refractivity contribution is 5.83. The fraction of sp³-hybridized carbons (Fsp3) is 0.273. The van der Waals surface area contributed by atoms with Gasteiger partial charge in [-0.3, -0.25) is 4.79 Å². The van der Waals surface area contributed by atoms with Gasteiger partial charge >= 0.3 is 5.97 Å². The maximum Gasteiger partial charge on any atom is 0.331 e. The number of carboxylic acids is 1. The van der Waals surface area contributed by atoms with Crippen LogP contribution in [0.15, 0.2) is 18.2 Å². The summed E-state index contributed by atoms with van der Waals surface area (Å²) in [4.78, 5) is 23.0. The first kappa shape index (κ1) is 13.1. The molecule has 0 aromatic heterocycles. The van der Waals surface area contributed by atoms with Crippen molar-refractivity contribution in [1.82, 2.24) is 4.90 Å². The predicted octanol–water partition coefficient (Wildman–Crippen LogP) is 1.57. The van der Waals surface area contributed by atoms with Gasteiger partial charge in [0.15, 0.2) is 6.04 Å². The molecular weight excluding hydrogens is 232 g/mol. The molecule has 0 fully saturated rings. The molecule has 0 saturated heterocycles. The van der Waals surface area contributed by atoms with Crippen LogP contribution < -0.4 is 0 Å². The van der Waals surface area contributed by atoms with E-state index >= 15 is 0 Å². The highest BCUT2D eigenvalue weighted by Crippen LogP contribution is 2.22. The molecule has 4 nitrogen and oxygen atoms in total. The zero-order valence-corrected chi connectivity index (χ0v) is 9.28. The predicted molar refractivity (Wildman–Crippen MR) is 55.2 cm³/mol. The lowest BCUT2D eigenvalue weighted by atomic mass is 10.1. The summed E-state index contributed by atoms with van der Waals surface area (Å²) in [5.74, 6) is -3.64. The molecule has 1 atom stereocenters. The molecule has 6 heteroatoms. The van der Waals surface area contributed by atoms with Crippen LogP contribution in [0.25, 0.3) is 0 Å². The van der Waals surface area contributed by atoms with Crippen LogP contribution in [0, 0.1) is 11.6 Å². The molecule has 0 spiro atoms. The number of nitrogens with zero attached hydrogens (tertiary/aromatic N) is 1. The van der Waals surface area contributed by atoms with Gasteiger partial charge in [-0.2, -0.15) is 0 Å². The third kappa shape index (κ3) is 2.99. The van der Waals surface area contributed by atoms with Crippen LogP contribution in [-0.2, 0) is 9.59 Å². The Hall–Kier alpha value is -1.98. The van der Waals surface area contributed by atoms with Crippen LogP contribution in [-0.4, -0.2) is 28.9 Å². The molecule has 92 valence electrons. The van der Waals surface area contributed by atoms with Crippen molar-refractivity contribution in [2.45, 2.75) is 13.0 Å². The highest BCUT2D eigenvalue weighted by Gasteiger charge is 2.27. The number of amides is 1. The van der Waals surface area contributed by atoms with Crippen LogP contribution in [0.1, 0.15) is 18.5 Å². The van der Waals surface area contributed by atoms with E-state index in [2.05, 4.69) is 0 Å². The van der Waals surface area contributed by atoms with Crippen molar-refractivity contribution in [3.05, 3.63) is 35.4 Å². The molecule has 1 unspecified atom stereocenters. The van der Waals surface area contributed by atoms with Crippen LogP contribution in [0.4, 0.5) is 8.78 Å². The van der Waals surface area contributed by atoms with E-state index in [1.807, 2.05) is 0 Å². The van der Waals surface area contributed by atoms with Crippen molar-refractivity contribution < 1.29 is 23.5 Å². The smallest absolute Gasteiger partial charge is 0.331 e. The number of carbonyl (C=O) groups is 2. The average Bonchev–Trinajstić information content (AvgIpc) is 2.15. The third-order valence-corrected chi connectivity index (χ3v) is 2.32. The van der Waals surface area contributed by atoms with Gasteiger partial charge in [0.05, 0.1) is 0 Å². The van der Waals surface area contributed by atoms with Crippen molar-refractivity contribution in [2.24, 2.45) is 0 Å². The Morgan fingerprint density at radius 2 is 1.71 bits per heavy atom. The SMILES string of the molecule is CC(=O)N(C)C(C(=O)O)c1cc(F)cc(F)c1.